The van der Waals surface area contributed by atoms with Gasteiger partial charge in [-0.3, -0.25) is 9.10 Å². The van der Waals surface area contributed by atoms with Gasteiger partial charge in [0.05, 0.1) is 10.6 Å². The third-order valence-corrected chi connectivity index (χ3v) is 6.69. The summed E-state index contributed by atoms with van der Waals surface area (Å²) < 4.78 is 27.9. The number of carbonyl (C=O) groups excluding carboxylic acids is 1. The Morgan fingerprint density at radius 1 is 0.867 bits per heavy atom. The predicted octanol–water partition coefficient (Wildman–Crippen LogP) is 4.84. The molecule has 156 valence electrons. The van der Waals surface area contributed by atoms with Gasteiger partial charge in [0.25, 0.3) is 10.0 Å². The quantitative estimate of drug-likeness (QED) is 0.593. The number of carbonyl (C=O) groups is 1. The van der Waals surface area contributed by atoms with Crippen LogP contribution < -0.4 is 9.62 Å². The molecule has 0 radical (unpaired) electrons. The van der Waals surface area contributed by atoms with Crippen molar-refractivity contribution in [1.82, 2.24) is 0 Å². The first-order chi connectivity index (χ1) is 14.3. The first kappa shape index (κ1) is 21.6. The number of nitrogens with one attached hydrogen (secondary N) is 1. The van der Waals surface area contributed by atoms with Crippen molar-refractivity contribution in [3.8, 4) is 0 Å². The summed E-state index contributed by atoms with van der Waals surface area (Å²) in [4.78, 5) is 12.8. The third kappa shape index (κ3) is 5.07. The molecule has 0 aromatic heterocycles. The fourth-order valence-electron chi connectivity index (χ4n) is 3.19. The van der Waals surface area contributed by atoms with E-state index in [0.29, 0.717) is 5.69 Å². The van der Waals surface area contributed by atoms with Crippen LogP contribution in [0, 0.1) is 20.8 Å². The van der Waals surface area contributed by atoms with E-state index in [1.54, 1.807) is 48.5 Å². The molecule has 0 saturated carbocycles. The smallest absolute Gasteiger partial charge is 0.264 e. The molecule has 0 fully saturated rings. The molecule has 0 unspecified atom stereocenters. The normalized spacial score (nSPS) is 11.2. The van der Waals surface area contributed by atoms with Crippen LogP contribution in [0.25, 0.3) is 0 Å². The maximum absolute atomic E-state index is 13.3. The van der Waals surface area contributed by atoms with Gasteiger partial charge in [0.1, 0.15) is 0 Å². The van der Waals surface area contributed by atoms with Gasteiger partial charge in [-0.15, -0.1) is 0 Å². The molecule has 0 spiro atoms. The van der Waals surface area contributed by atoms with Crippen molar-refractivity contribution >= 4 is 27.3 Å². The van der Waals surface area contributed by atoms with Gasteiger partial charge in [0.2, 0.25) is 5.91 Å². The van der Waals surface area contributed by atoms with Crippen molar-refractivity contribution in [3.63, 3.8) is 0 Å². The molecule has 0 atom stereocenters. The second-order valence-electron chi connectivity index (χ2n) is 7.34. The Morgan fingerprint density at radius 3 is 2.13 bits per heavy atom. The van der Waals surface area contributed by atoms with Crippen LogP contribution in [0.3, 0.4) is 0 Å². The first-order valence-corrected chi connectivity index (χ1v) is 11.2. The molecule has 1 amide bonds. The summed E-state index contributed by atoms with van der Waals surface area (Å²) in [5, 5.41) is 2.88. The van der Waals surface area contributed by atoms with Crippen LogP contribution in [-0.4, -0.2) is 20.9 Å². The Labute approximate surface area is 178 Å². The maximum Gasteiger partial charge on any atom is 0.264 e. The molecule has 3 rings (SSSR count). The second-order valence-corrected chi connectivity index (χ2v) is 9.20. The fourth-order valence-corrected chi connectivity index (χ4v) is 4.65. The third-order valence-electron chi connectivity index (χ3n) is 4.85. The molecule has 6 heteroatoms. The van der Waals surface area contributed by atoms with Gasteiger partial charge in [0, 0.05) is 18.7 Å². The number of nitrogens with zero attached hydrogens (tertiary/aromatic N) is 1. The summed E-state index contributed by atoms with van der Waals surface area (Å²) in [6.07, 6.45) is 0.0350. The molecule has 3 aromatic rings. The zero-order valence-electron chi connectivity index (χ0n) is 17.4. The SMILES string of the molecule is Cc1ccc(S(=O)(=O)N(CCC(=O)Nc2ccc(C)cc2C)c2ccccc2)cc1. The Balaban J connectivity index is 1.81. The summed E-state index contributed by atoms with van der Waals surface area (Å²) in [5.74, 6) is -0.234. The number of aryl methyl sites for hydroxylation is 3. The van der Waals surface area contributed by atoms with E-state index in [4.69, 9.17) is 0 Å². The highest BCUT2D eigenvalue weighted by Crippen LogP contribution is 2.24. The van der Waals surface area contributed by atoms with Gasteiger partial charge < -0.3 is 5.32 Å². The van der Waals surface area contributed by atoms with E-state index in [2.05, 4.69) is 5.32 Å². The minimum Gasteiger partial charge on any atom is -0.326 e. The van der Waals surface area contributed by atoms with Crippen molar-refractivity contribution in [2.45, 2.75) is 32.1 Å². The molecule has 30 heavy (non-hydrogen) atoms. The number of para-hydroxylation sites is 1. The number of amides is 1. The molecule has 0 bridgehead atoms. The van der Waals surface area contributed by atoms with Gasteiger partial charge in [-0.1, -0.05) is 53.6 Å². The molecular weight excluding hydrogens is 396 g/mol. The highest BCUT2D eigenvalue weighted by molar-refractivity contribution is 7.92. The van der Waals surface area contributed by atoms with Crippen LogP contribution in [0.5, 0.6) is 0 Å². The molecule has 0 heterocycles. The average Bonchev–Trinajstić information content (AvgIpc) is 2.71. The van der Waals surface area contributed by atoms with Gasteiger partial charge in [-0.25, -0.2) is 8.42 Å². The van der Waals surface area contributed by atoms with E-state index in [9.17, 15) is 13.2 Å². The van der Waals surface area contributed by atoms with Crippen molar-refractivity contribution in [3.05, 3.63) is 89.5 Å². The van der Waals surface area contributed by atoms with E-state index in [-0.39, 0.29) is 23.8 Å². The van der Waals surface area contributed by atoms with Crippen LogP contribution in [0.1, 0.15) is 23.1 Å². The number of hydrogen-bond donors (Lipinski definition) is 1. The highest BCUT2D eigenvalue weighted by Gasteiger charge is 2.25. The molecule has 0 saturated heterocycles. The van der Waals surface area contributed by atoms with E-state index in [0.717, 1.165) is 22.4 Å². The van der Waals surface area contributed by atoms with Crippen LogP contribution in [0.15, 0.2) is 77.7 Å². The van der Waals surface area contributed by atoms with Gasteiger partial charge in [-0.2, -0.15) is 0 Å². The monoisotopic (exact) mass is 422 g/mol. The summed E-state index contributed by atoms with van der Waals surface area (Å²) in [7, 11) is -3.80. The number of hydrogen-bond acceptors (Lipinski definition) is 3. The predicted molar refractivity (Wildman–Crippen MR) is 121 cm³/mol. The van der Waals surface area contributed by atoms with Gasteiger partial charge in [0.15, 0.2) is 0 Å². The number of sulfonamides is 1. The van der Waals surface area contributed by atoms with E-state index in [1.807, 2.05) is 45.0 Å². The Morgan fingerprint density at radius 2 is 1.50 bits per heavy atom. The topological polar surface area (TPSA) is 66.5 Å². The van der Waals surface area contributed by atoms with Crippen LogP contribution in [-0.2, 0) is 14.8 Å². The Kier molecular flexibility index (Phi) is 6.57. The summed E-state index contributed by atoms with van der Waals surface area (Å²) in [5.41, 5.74) is 4.32. The van der Waals surface area contributed by atoms with Crippen molar-refractivity contribution in [2.24, 2.45) is 0 Å². The van der Waals surface area contributed by atoms with Crippen LogP contribution in [0.4, 0.5) is 11.4 Å². The minimum atomic E-state index is -3.80. The molecular formula is C24H26N2O3S. The lowest BCUT2D eigenvalue weighted by atomic mass is 10.1. The van der Waals surface area contributed by atoms with E-state index >= 15 is 0 Å². The summed E-state index contributed by atoms with van der Waals surface area (Å²) in [6.45, 7) is 5.87. The van der Waals surface area contributed by atoms with E-state index in [1.165, 1.54) is 4.31 Å². The van der Waals surface area contributed by atoms with Crippen LogP contribution in [0.2, 0.25) is 0 Å². The molecule has 3 aromatic carbocycles. The largest absolute Gasteiger partial charge is 0.326 e. The van der Waals surface area contributed by atoms with Gasteiger partial charge >= 0.3 is 0 Å². The highest BCUT2D eigenvalue weighted by atomic mass is 32.2. The molecule has 0 aliphatic rings. The van der Waals surface area contributed by atoms with Gasteiger partial charge in [-0.05, 0) is 56.7 Å². The molecule has 1 N–H and O–H groups in total. The Hall–Kier alpha value is -3.12. The zero-order chi connectivity index (χ0) is 21.7. The molecule has 0 aliphatic heterocycles. The fraction of sp³-hybridized carbons (Fsp3) is 0.208. The Bertz CT molecular complexity index is 1120. The standard InChI is InChI=1S/C24H26N2O3S/c1-18-9-12-22(13-10-18)30(28,29)26(21-7-5-4-6-8-21)16-15-24(27)25-23-14-11-19(2)17-20(23)3/h4-14,17H,15-16H2,1-3H3,(H,25,27). The van der Waals surface area contributed by atoms with Crippen molar-refractivity contribution in [1.29, 1.82) is 0 Å². The maximum atomic E-state index is 13.3. The molecule has 5 nitrogen and oxygen atoms in total. The second kappa shape index (κ2) is 9.13. The number of anilines is 2. The first-order valence-electron chi connectivity index (χ1n) is 9.79. The minimum absolute atomic E-state index is 0.0350. The lowest BCUT2D eigenvalue weighted by molar-refractivity contribution is -0.116. The zero-order valence-corrected chi connectivity index (χ0v) is 18.2. The molecule has 0 aliphatic carbocycles. The van der Waals surface area contributed by atoms with E-state index < -0.39 is 10.0 Å². The van der Waals surface area contributed by atoms with Crippen LogP contribution >= 0.6 is 0 Å². The summed E-state index contributed by atoms with van der Waals surface area (Å²) >= 11 is 0. The summed E-state index contributed by atoms with van der Waals surface area (Å²) in [6, 6.07) is 21.4. The lowest BCUT2D eigenvalue weighted by Gasteiger charge is -2.24. The number of benzene rings is 3. The van der Waals surface area contributed by atoms with Crippen molar-refractivity contribution in [2.75, 3.05) is 16.2 Å². The average molecular weight is 423 g/mol. The lowest BCUT2D eigenvalue weighted by Crippen LogP contribution is -2.34. The van der Waals surface area contributed by atoms with Crippen molar-refractivity contribution < 1.29 is 13.2 Å². The number of rotatable bonds is 7.